The maximum atomic E-state index is 4.78. The zero-order chi connectivity index (χ0) is 9.94. The molecule has 1 fully saturated rings. The number of hydrogen-bond acceptors (Lipinski definition) is 2. The van der Waals surface area contributed by atoms with Crippen molar-refractivity contribution in [2.24, 2.45) is 5.92 Å². The fraction of sp³-hybridized carbons (Fsp3) is 1.00. The Bertz CT molecular complexity index is 90.1. The highest BCUT2D eigenvalue weighted by atomic mass is 16.6. The Morgan fingerprint density at radius 1 is 1.15 bits per heavy atom. The van der Waals surface area contributed by atoms with E-state index in [1.165, 1.54) is 38.5 Å². The molecule has 1 rings (SSSR count). The van der Waals surface area contributed by atoms with E-state index >= 15 is 0 Å². The summed E-state index contributed by atoms with van der Waals surface area (Å²) < 4.78 is 0. The van der Waals surface area contributed by atoms with E-state index < -0.39 is 0 Å². The lowest BCUT2D eigenvalue weighted by Crippen LogP contribution is -2.18. The van der Waals surface area contributed by atoms with Crippen molar-refractivity contribution in [2.45, 2.75) is 52.4 Å². The van der Waals surface area contributed by atoms with Crippen LogP contribution < -0.4 is 5.48 Å². The Labute approximate surface area is 83.0 Å². The van der Waals surface area contributed by atoms with E-state index in [2.05, 4.69) is 5.48 Å². The molecule has 1 aliphatic rings. The van der Waals surface area contributed by atoms with Crippen molar-refractivity contribution in [1.29, 1.82) is 0 Å². The van der Waals surface area contributed by atoms with Gasteiger partial charge in [-0.2, -0.15) is 0 Å². The van der Waals surface area contributed by atoms with Crippen molar-refractivity contribution in [1.82, 2.24) is 5.48 Å². The third-order valence-electron chi connectivity index (χ3n) is 2.52. The van der Waals surface area contributed by atoms with Gasteiger partial charge in [0.25, 0.3) is 0 Å². The van der Waals surface area contributed by atoms with Crippen molar-refractivity contribution in [3.05, 3.63) is 0 Å². The molecule has 0 amide bonds. The second kappa shape index (κ2) is 10.0. The molecule has 2 nitrogen and oxygen atoms in total. The van der Waals surface area contributed by atoms with E-state index in [-0.39, 0.29) is 0 Å². The first-order valence-corrected chi connectivity index (χ1v) is 5.69. The van der Waals surface area contributed by atoms with Crippen LogP contribution in [0.3, 0.4) is 0 Å². The van der Waals surface area contributed by atoms with Crippen LogP contribution in [-0.4, -0.2) is 13.7 Å². The van der Waals surface area contributed by atoms with Gasteiger partial charge in [0.05, 0.1) is 7.11 Å². The third-order valence-corrected chi connectivity index (χ3v) is 2.52. The maximum Gasteiger partial charge on any atom is 0.0572 e. The van der Waals surface area contributed by atoms with Gasteiger partial charge in [-0.15, -0.1) is 0 Å². The molecule has 0 atom stereocenters. The van der Waals surface area contributed by atoms with Gasteiger partial charge in [-0.3, -0.25) is 0 Å². The molecule has 0 radical (unpaired) electrons. The van der Waals surface area contributed by atoms with E-state index in [0.717, 1.165) is 12.5 Å². The molecule has 0 bridgehead atoms. The van der Waals surface area contributed by atoms with Gasteiger partial charge in [0, 0.05) is 6.54 Å². The first kappa shape index (κ1) is 12.9. The predicted octanol–water partition coefficient (Wildman–Crippen LogP) is 3.13. The molecule has 0 spiro atoms. The van der Waals surface area contributed by atoms with Crippen molar-refractivity contribution in [3.63, 3.8) is 0 Å². The van der Waals surface area contributed by atoms with E-state index in [0.29, 0.717) is 0 Å². The molecule has 13 heavy (non-hydrogen) atoms. The Morgan fingerprint density at radius 2 is 1.77 bits per heavy atom. The molecule has 2 heteroatoms. The summed E-state index contributed by atoms with van der Waals surface area (Å²) in [5.41, 5.74) is 2.90. The third kappa shape index (κ3) is 7.03. The van der Waals surface area contributed by atoms with E-state index in [1.54, 1.807) is 7.11 Å². The smallest absolute Gasteiger partial charge is 0.0572 e. The van der Waals surface area contributed by atoms with Gasteiger partial charge in [0.15, 0.2) is 0 Å². The Morgan fingerprint density at radius 3 is 2.31 bits per heavy atom. The SMILES string of the molecule is CC.CONCCC1CCCCC1. The van der Waals surface area contributed by atoms with Gasteiger partial charge in [0.1, 0.15) is 0 Å². The second-order valence-electron chi connectivity index (χ2n) is 3.39. The standard InChI is InChI=1S/C9H19NO.C2H6/c1-11-10-8-7-9-5-3-2-4-6-9;1-2/h9-10H,2-8H2,1H3;1-2H3. The largest absolute Gasteiger partial charge is 0.305 e. The molecule has 1 saturated carbocycles. The van der Waals surface area contributed by atoms with Gasteiger partial charge < -0.3 is 4.84 Å². The van der Waals surface area contributed by atoms with Crippen LogP contribution in [0.2, 0.25) is 0 Å². The topological polar surface area (TPSA) is 21.3 Å². The lowest BCUT2D eigenvalue weighted by molar-refractivity contribution is 0.0854. The average molecular weight is 187 g/mol. The lowest BCUT2D eigenvalue weighted by atomic mass is 9.87. The average Bonchev–Trinajstić information content (AvgIpc) is 2.23. The molecule has 0 unspecified atom stereocenters. The first-order chi connectivity index (χ1) is 6.43. The minimum atomic E-state index is 0.964. The fourth-order valence-electron chi connectivity index (χ4n) is 1.84. The van der Waals surface area contributed by atoms with Gasteiger partial charge in [-0.25, -0.2) is 5.48 Å². The van der Waals surface area contributed by atoms with Crippen LogP contribution in [0.1, 0.15) is 52.4 Å². The van der Waals surface area contributed by atoms with E-state index in [4.69, 9.17) is 4.84 Å². The zero-order valence-electron chi connectivity index (χ0n) is 9.44. The summed E-state index contributed by atoms with van der Waals surface area (Å²) in [6.45, 7) is 5.02. The van der Waals surface area contributed by atoms with Crippen LogP contribution in [0.4, 0.5) is 0 Å². The van der Waals surface area contributed by atoms with Gasteiger partial charge in [-0.05, 0) is 12.3 Å². The number of hydrogen-bond donors (Lipinski definition) is 1. The second-order valence-corrected chi connectivity index (χ2v) is 3.39. The summed E-state index contributed by atoms with van der Waals surface area (Å²) in [5, 5.41) is 0. The summed E-state index contributed by atoms with van der Waals surface area (Å²) in [7, 11) is 1.68. The van der Waals surface area contributed by atoms with Crippen molar-refractivity contribution in [2.75, 3.05) is 13.7 Å². The molecular weight excluding hydrogens is 162 g/mol. The minimum Gasteiger partial charge on any atom is -0.305 e. The summed E-state index contributed by atoms with van der Waals surface area (Å²) in [6.07, 6.45) is 8.49. The molecular formula is C11H25NO. The number of nitrogens with one attached hydrogen (secondary N) is 1. The Balaban J connectivity index is 0.000000671. The zero-order valence-corrected chi connectivity index (χ0v) is 9.44. The van der Waals surface area contributed by atoms with Crippen LogP contribution >= 0.6 is 0 Å². The Hall–Kier alpha value is -0.0800. The minimum absolute atomic E-state index is 0.964. The molecule has 1 N–H and O–H groups in total. The van der Waals surface area contributed by atoms with Gasteiger partial charge >= 0.3 is 0 Å². The predicted molar refractivity (Wildman–Crippen MR) is 57.6 cm³/mol. The number of rotatable bonds is 4. The number of hydroxylamine groups is 1. The summed E-state index contributed by atoms with van der Waals surface area (Å²) in [4.78, 5) is 4.78. The molecule has 0 aromatic heterocycles. The Kier molecular flexibility index (Phi) is 9.94. The van der Waals surface area contributed by atoms with E-state index in [9.17, 15) is 0 Å². The van der Waals surface area contributed by atoms with Gasteiger partial charge in [-0.1, -0.05) is 46.0 Å². The molecule has 1 aliphatic carbocycles. The lowest BCUT2D eigenvalue weighted by Gasteiger charge is -2.20. The van der Waals surface area contributed by atoms with Gasteiger partial charge in [0.2, 0.25) is 0 Å². The fourth-order valence-corrected chi connectivity index (χ4v) is 1.84. The summed E-state index contributed by atoms with van der Waals surface area (Å²) in [6, 6.07) is 0. The van der Waals surface area contributed by atoms with Crippen LogP contribution in [0.5, 0.6) is 0 Å². The van der Waals surface area contributed by atoms with Crippen LogP contribution in [0.15, 0.2) is 0 Å². The van der Waals surface area contributed by atoms with Crippen molar-refractivity contribution in [3.8, 4) is 0 Å². The normalized spacial score (nSPS) is 17.8. The molecule has 0 aromatic carbocycles. The first-order valence-electron chi connectivity index (χ1n) is 5.69. The van der Waals surface area contributed by atoms with Crippen molar-refractivity contribution >= 4 is 0 Å². The van der Waals surface area contributed by atoms with E-state index in [1.807, 2.05) is 13.8 Å². The van der Waals surface area contributed by atoms with Crippen LogP contribution in [-0.2, 0) is 4.84 Å². The molecule has 0 aromatic rings. The highest BCUT2D eigenvalue weighted by molar-refractivity contribution is 4.65. The van der Waals surface area contributed by atoms with Crippen LogP contribution in [0, 0.1) is 5.92 Å². The summed E-state index contributed by atoms with van der Waals surface area (Å²) >= 11 is 0. The van der Waals surface area contributed by atoms with Crippen molar-refractivity contribution < 1.29 is 4.84 Å². The molecule has 0 heterocycles. The maximum absolute atomic E-state index is 4.78. The quantitative estimate of drug-likeness (QED) is 0.539. The molecule has 0 aliphatic heterocycles. The molecule has 0 saturated heterocycles. The highest BCUT2D eigenvalue weighted by Crippen LogP contribution is 2.25. The van der Waals surface area contributed by atoms with Crippen LogP contribution in [0.25, 0.3) is 0 Å². The summed E-state index contributed by atoms with van der Waals surface area (Å²) in [5.74, 6) is 0.964. The monoisotopic (exact) mass is 187 g/mol. The highest BCUT2D eigenvalue weighted by Gasteiger charge is 2.12. The molecule has 80 valence electrons.